The van der Waals surface area contributed by atoms with Gasteiger partial charge < -0.3 is 10.2 Å². The molecule has 0 aliphatic heterocycles. The normalized spacial score (nSPS) is 12.2. The summed E-state index contributed by atoms with van der Waals surface area (Å²) < 4.78 is 27.8. The Kier molecular flexibility index (Phi) is 7.63. The zero-order valence-electron chi connectivity index (χ0n) is 12.1. The van der Waals surface area contributed by atoms with Crippen LogP contribution in [-0.4, -0.2) is 46.5 Å². The second-order valence-corrected chi connectivity index (χ2v) is 8.61. The number of halogens is 1. The summed E-state index contributed by atoms with van der Waals surface area (Å²) in [6, 6.07) is 1.73. The van der Waals surface area contributed by atoms with Crippen molar-refractivity contribution in [1.29, 1.82) is 0 Å². The quantitative estimate of drug-likeness (QED) is 0.682. The predicted octanol–water partition coefficient (Wildman–Crippen LogP) is 1.85. The molecule has 0 saturated heterocycles. The summed E-state index contributed by atoms with van der Waals surface area (Å²) in [6.07, 6.45) is 0. The van der Waals surface area contributed by atoms with Crippen molar-refractivity contribution in [2.24, 2.45) is 0 Å². The molecule has 0 amide bonds. The van der Waals surface area contributed by atoms with Crippen LogP contribution in [0.15, 0.2) is 14.7 Å². The third-order valence-corrected chi connectivity index (χ3v) is 6.58. The lowest BCUT2D eigenvalue weighted by Crippen LogP contribution is -2.32. The van der Waals surface area contributed by atoms with Crippen molar-refractivity contribution >= 4 is 37.3 Å². The van der Waals surface area contributed by atoms with E-state index in [4.69, 9.17) is 0 Å². The average Bonchev–Trinajstić information content (AvgIpc) is 2.78. The van der Waals surface area contributed by atoms with Crippen molar-refractivity contribution in [3.8, 4) is 0 Å². The number of rotatable bonds is 9. The van der Waals surface area contributed by atoms with E-state index in [0.29, 0.717) is 28.3 Å². The summed E-state index contributed by atoms with van der Waals surface area (Å²) in [4.78, 5) is 3.39. The summed E-state index contributed by atoms with van der Waals surface area (Å²) in [5, 5.41) is 3.19. The molecule has 20 heavy (non-hydrogen) atoms. The van der Waals surface area contributed by atoms with Crippen LogP contribution >= 0.6 is 27.3 Å². The van der Waals surface area contributed by atoms with Crippen LogP contribution in [0, 0.1) is 0 Å². The second kappa shape index (κ2) is 8.45. The Morgan fingerprint density at radius 2 is 2.10 bits per heavy atom. The molecule has 1 aromatic rings. The van der Waals surface area contributed by atoms with Crippen LogP contribution in [0.5, 0.6) is 0 Å². The molecule has 0 fully saturated rings. The molecule has 0 radical (unpaired) electrons. The molecule has 0 aromatic carbocycles. The van der Waals surface area contributed by atoms with E-state index in [1.165, 1.54) is 11.3 Å². The standard InChI is InChI=1S/C12H22BrN3O2S2/c1-4-14-9-10-8-11(12(13)19-10)20(17,18)15-6-7-16(3)5-2/h8,14-15H,4-7,9H2,1-3H3. The van der Waals surface area contributed by atoms with Gasteiger partial charge in [0.15, 0.2) is 0 Å². The third kappa shape index (κ3) is 5.42. The molecular weight excluding hydrogens is 362 g/mol. The highest BCUT2D eigenvalue weighted by atomic mass is 79.9. The average molecular weight is 384 g/mol. The molecule has 0 aliphatic rings. The van der Waals surface area contributed by atoms with Crippen molar-refractivity contribution in [2.45, 2.75) is 25.3 Å². The van der Waals surface area contributed by atoms with E-state index in [1.54, 1.807) is 6.07 Å². The van der Waals surface area contributed by atoms with Gasteiger partial charge in [0.2, 0.25) is 10.0 Å². The SMILES string of the molecule is CCNCc1cc(S(=O)(=O)NCCN(C)CC)c(Br)s1. The number of likely N-dealkylation sites (N-methyl/N-ethyl adjacent to an activating group) is 1. The van der Waals surface area contributed by atoms with Gasteiger partial charge in [-0.1, -0.05) is 13.8 Å². The highest BCUT2D eigenvalue weighted by Crippen LogP contribution is 2.31. The van der Waals surface area contributed by atoms with Gasteiger partial charge in [-0.2, -0.15) is 0 Å². The molecule has 8 heteroatoms. The van der Waals surface area contributed by atoms with Gasteiger partial charge in [0.25, 0.3) is 0 Å². The van der Waals surface area contributed by atoms with Crippen molar-refractivity contribution in [3.05, 3.63) is 14.7 Å². The van der Waals surface area contributed by atoms with Gasteiger partial charge in [0.1, 0.15) is 4.90 Å². The maximum atomic E-state index is 12.2. The first-order valence-electron chi connectivity index (χ1n) is 6.57. The van der Waals surface area contributed by atoms with Crippen molar-refractivity contribution in [2.75, 3.05) is 33.2 Å². The van der Waals surface area contributed by atoms with Crippen LogP contribution in [0.25, 0.3) is 0 Å². The molecule has 1 aromatic heterocycles. The Bertz CT molecular complexity index is 517. The zero-order chi connectivity index (χ0) is 15.2. The van der Waals surface area contributed by atoms with Crippen molar-refractivity contribution in [1.82, 2.24) is 14.9 Å². The van der Waals surface area contributed by atoms with Gasteiger partial charge in [-0.15, -0.1) is 11.3 Å². The van der Waals surface area contributed by atoms with E-state index in [1.807, 2.05) is 20.9 Å². The van der Waals surface area contributed by atoms with Gasteiger partial charge in [0.05, 0.1) is 3.79 Å². The van der Waals surface area contributed by atoms with Crippen LogP contribution in [0.4, 0.5) is 0 Å². The molecule has 2 N–H and O–H groups in total. The Morgan fingerprint density at radius 3 is 2.70 bits per heavy atom. The van der Waals surface area contributed by atoms with Gasteiger partial charge in [0, 0.05) is 24.5 Å². The van der Waals surface area contributed by atoms with E-state index in [9.17, 15) is 8.42 Å². The van der Waals surface area contributed by atoms with E-state index in [-0.39, 0.29) is 0 Å². The van der Waals surface area contributed by atoms with Gasteiger partial charge in [-0.05, 0) is 42.1 Å². The lowest BCUT2D eigenvalue weighted by atomic mass is 10.4. The van der Waals surface area contributed by atoms with E-state index >= 15 is 0 Å². The largest absolute Gasteiger partial charge is 0.312 e. The highest BCUT2D eigenvalue weighted by Gasteiger charge is 2.20. The van der Waals surface area contributed by atoms with Crippen LogP contribution in [0.1, 0.15) is 18.7 Å². The van der Waals surface area contributed by atoms with Crippen LogP contribution in [-0.2, 0) is 16.6 Å². The second-order valence-electron chi connectivity index (χ2n) is 4.42. The molecular formula is C12H22BrN3O2S2. The number of nitrogens with zero attached hydrogens (tertiary/aromatic N) is 1. The number of nitrogens with one attached hydrogen (secondary N) is 2. The van der Waals surface area contributed by atoms with Gasteiger partial charge in [-0.25, -0.2) is 13.1 Å². The Hall–Kier alpha value is 0.01000. The number of sulfonamides is 1. The maximum absolute atomic E-state index is 12.2. The minimum absolute atomic E-state index is 0.328. The first-order chi connectivity index (χ1) is 9.40. The first-order valence-corrected chi connectivity index (χ1v) is 9.67. The third-order valence-electron chi connectivity index (χ3n) is 2.87. The Balaban J connectivity index is 2.69. The van der Waals surface area contributed by atoms with Crippen molar-refractivity contribution < 1.29 is 8.42 Å². The van der Waals surface area contributed by atoms with Crippen molar-refractivity contribution in [3.63, 3.8) is 0 Å². The number of hydrogen-bond donors (Lipinski definition) is 2. The lowest BCUT2D eigenvalue weighted by molar-refractivity contribution is 0.358. The fourth-order valence-corrected chi connectivity index (χ4v) is 5.19. The van der Waals surface area contributed by atoms with Gasteiger partial charge >= 0.3 is 0 Å². The lowest BCUT2D eigenvalue weighted by Gasteiger charge is -2.13. The monoisotopic (exact) mass is 383 g/mol. The highest BCUT2D eigenvalue weighted by molar-refractivity contribution is 9.11. The molecule has 0 unspecified atom stereocenters. The molecule has 1 rings (SSSR count). The Morgan fingerprint density at radius 1 is 1.40 bits per heavy atom. The minimum Gasteiger partial charge on any atom is -0.312 e. The zero-order valence-corrected chi connectivity index (χ0v) is 15.3. The summed E-state index contributed by atoms with van der Waals surface area (Å²) in [6.45, 7) is 7.62. The first kappa shape index (κ1) is 18.1. The number of hydrogen-bond acceptors (Lipinski definition) is 5. The van der Waals surface area contributed by atoms with E-state index < -0.39 is 10.0 Å². The molecule has 0 aliphatic carbocycles. The van der Waals surface area contributed by atoms with E-state index in [2.05, 4.69) is 30.9 Å². The molecule has 116 valence electrons. The minimum atomic E-state index is -3.44. The van der Waals surface area contributed by atoms with Crippen LogP contribution in [0.2, 0.25) is 0 Å². The molecule has 1 heterocycles. The molecule has 5 nitrogen and oxygen atoms in total. The molecule has 0 spiro atoms. The predicted molar refractivity (Wildman–Crippen MR) is 87.8 cm³/mol. The van der Waals surface area contributed by atoms with Gasteiger partial charge in [-0.3, -0.25) is 0 Å². The van der Waals surface area contributed by atoms with Crippen LogP contribution < -0.4 is 10.0 Å². The fourth-order valence-electron chi connectivity index (χ4n) is 1.52. The fraction of sp³-hybridized carbons (Fsp3) is 0.667. The Labute approximate surface area is 133 Å². The summed E-state index contributed by atoms with van der Waals surface area (Å²) in [7, 11) is -1.48. The molecule has 0 bridgehead atoms. The van der Waals surface area contributed by atoms with Crippen LogP contribution in [0.3, 0.4) is 0 Å². The summed E-state index contributed by atoms with van der Waals surface area (Å²) in [5.74, 6) is 0. The van der Waals surface area contributed by atoms with E-state index in [0.717, 1.165) is 18.0 Å². The molecule has 0 atom stereocenters. The topological polar surface area (TPSA) is 61.4 Å². The maximum Gasteiger partial charge on any atom is 0.242 e. The smallest absolute Gasteiger partial charge is 0.242 e. The number of thiophene rings is 1. The summed E-state index contributed by atoms with van der Waals surface area (Å²) >= 11 is 4.79. The summed E-state index contributed by atoms with van der Waals surface area (Å²) in [5.41, 5.74) is 0. The molecule has 0 saturated carbocycles.